The van der Waals surface area contributed by atoms with Crippen LogP contribution >= 0.6 is 11.8 Å². The van der Waals surface area contributed by atoms with Gasteiger partial charge in [-0.15, -0.1) is 11.8 Å². The van der Waals surface area contributed by atoms with Crippen molar-refractivity contribution in [2.45, 2.75) is 182 Å². The number of thioether (sulfide) groups is 1. The Labute approximate surface area is 619 Å². The standard InChI is InChI=1S/C68H107N21O13S3/c1-8-78-53(67(4,5)45-37-43(104(98)99)27-26-41(45)2)23-11-9-12-24-54-68(6,7)46-38-44(105(100,101)102)28-29-51(46)88(54)35-14-10-13-25-55(90)79-34-36-89-56(91)39-52(62(89)97)103-40-50(57(69)92)87-61(96)49(22-18-33-83-66(76)77)86-60(95)48(21-17-32-82-65(74)75)85-59(94)47(20-16-31-81-64(72)73)84-58(93)42(3)19-15-30-80-63(70)71/h9,11-12,23-24,26-29,37-38,42,47-50,52,104H,8,10,13-22,25,30-36,39-40H2,1-7H3,(H2,69,92)(H,79,90)(H,84,93)(H,85,94)(H,86,95)(H,87,96)(H4,70,71,80)(H4,72,73,81)(H4,74,75,82)(H4,76,77,83)(H,100,101,102)/b12-9+,23-11+,54-24+,78-53+/t42-,47-,48-,49-,50-,52?/m1/s1. The molecule has 2 aromatic rings. The second-order valence-electron chi connectivity index (χ2n) is 26.5. The van der Waals surface area contributed by atoms with Crippen molar-refractivity contribution in [1.82, 2.24) is 52.8 Å². The molecule has 2 aliphatic heterocycles. The number of nitrogens with one attached hydrogen (secondary N) is 13. The minimum absolute atomic E-state index is 0.0309. The van der Waals surface area contributed by atoms with E-state index in [1.807, 2.05) is 71.9 Å². The molecule has 2 aliphatic rings. The van der Waals surface area contributed by atoms with E-state index in [1.165, 1.54) is 12.1 Å². The van der Waals surface area contributed by atoms with Crippen LogP contribution in [0.15, 0.2) is 87.3 Å². The Morgan fingerprint density at radius 1 is 0.686 bits per heavy atom. The van der Waals surface area contributed by atoms with Crippen LogP contribution in [0.3, 0.4) is 0 Å². The number of hydrogen-bond donors (Lipinski definition) is 20. The number of rotatable bonds is 45. The van der Waals surface area contributed by atoms with Crippen LogP contribution in [0.4, 0.5) is 5.69 Å². The highest BCUT2D eigenvalue weighted by Gasteiger charge is 2.42. The van der Waals surface area contributed by atoms with Gasteiger partial charge >= 0.3 is 0 Å². The number of primary amides is 1. The zero-order valence-corrected chi connectivity index (χ0v) is 63.2. The van der Waals surface area contributed by atoms with Gasteiger partial charge < -0.3 is 81.4 Å². The molecule has 0 radical (unpaired) electrons. The minimum Gasteiger partial charge on any atom is -0.370 e. The van der Waals surface area contributed by atoms with Crippen molar-refractivity contribution < 1.29 is 59.7 Å². The smallest absolute Gasteiger partial charge is 0.294 e. The van der Waals surface area contributed by atoms with E-state index in [1.54, 1.807) is 31.2 Å². The molecular weight excluding hydrogens is 1420 g/mol. The summed E-state index contributed by atoms with van der Waals surface area (Å²) in [6.45, 7) is 14.8. The molecule has 0 spiro atoms. The predicted octanol–water partition coefficient (Wildman–Crippen LogP) is 0.396. The Bertz CT molecular complexity index is 3790. The summed E-state index contributed by atoms with van der Waals surface area (Å²) in [6, 6.07) is 4.07. The molecule has 580 valence electrons. The average molecular weight is 1520 g/mol. The normalized spacial score (nSPS) is 16.3. The van der Waals surface area contributed by atoms with Gasteiger partial charge in [-0.25, -0.2) is 8.42 Å². The second kappa shape index (κ2) is 42.4. The third-order valence-electron chi connectivity index (χ3n) is 17.7. The fraction of sp³-hybridized carbons (Fsp3) is 0.544. The van der Waals surface area contributed by atoms with Gasteiger partial charge in [0.15, 0.2) is 34.5 Å². The van der Waals surface area contributed by atoms with Gasteiger partial charge in [0.2, 0.25) is 47.3 Å². The molecule has 0 bridgehead atoms. The molecule has 0 aromatic heterocycles. The van der Waals surface area contributed by atoms with Gasteiger partial charge in [0.1, 0.15) is 24.2 Å². The molecule has 1 unspecified atom stereocenters. The SMILES string of the molecule is CC\N=C(/C=C/C=C/C=C1/N(CCCCCC(=O)NCCN2C(=O)CC(SC[C@@H](NC(=O)[C@@H](CCCNC(=N)N)NC(=O)[C@@H](CCCNC(=N)N)NC(=O)[C@@H](CCCNC(=N)N)NC(=O)[C@H](C)CCCNC(=N)N)C(N)=O)C2=O)c2ccc(S(=O)(=O)O)cc2C1(C)C)C(C)(C)c1cc([SH](=O)=O)ccc1C. The van der Waals surface area contributed by atoms with E-state index < -0.39 is 108 Å². The highest BCUT2D eigenvalue weighted by molar-refractivity contribution is 8.00. The number of likely N-dealkylation sites (tertiary alicyclic amines) is 1. The molecule has 6 atom stereocenters. The zero-order valence-electron chi connectivity index (χ0n) is 60.7. The number of nitrogens with zero attached hydrogens (tertiary/aromatic N) is 3. The number of aryl methyl sites for hydroxylation is 1. The second-order valence-corrected chi connectivity index (χ2v) is 30.2. The van der Waals surface area contributed by atoms with Crippen LogP contribution in [-0.4, -0.2) is 191 Å². The molecule has 0 saturated carbocycles. The summed E-state index contributed by atoms with van der Waals surface area (Å²) in [5, 5.41) is 53.0. The van der Waals surface area contributed by atoms with Crippen molar-refractivity contribution in [3.8, 4) is 0 Å². The summed E-state index contributed by atoms with van der Waals surface area (Å²) >= 11 is 0.890. The molecule has 4 rings (SSSR count). The molecule has 1 fully saturated rings. The van der Waals surface area contributed by atoms with Gasteiger partial charge in [-0.1, -0.05) is 65.3 Å². The number of amides is 8. The van der Waals surface area contributed by atoms with Gasteiger partial charge in [0, 0.05) is 105 Å². The minimum atomic E-state index is -4.53. The number of anilines is 1. The van der Waals surface area contributed by atoms with Crippen LogP contribution in [0.1, 0.15) is 142 Å². The number of guanidine groups is 4. The quantitative estimate of drug-likeness (QED) is 0.00811. The predicted molar refractivity (Wildman–Crippen MR) is 405 cm³/mol. The van der Waals surface area contributed by atoms with E-state index in [0.717, 1.165) is 44.9 Å². The molecule has 8 amide bonds. The number of allylic oxidation sites excluding steroid dienone is 6. The number of imide groups is 1. The summed E-state index contributed by atoms with van der Waals surface area (Å²) in [6.07, 6.45) is 12.1. The largest absolute Gasteiger partial charge is 0.370 e. The van der Waals surface area contributed by atoms with Crippen LogP contribution in [0, 0.1) is 34.5 Å². The van der Waals surface area contributed by atoms with Crippen LogP contribution in [0.25, 0.3) is 0 Å². The number of nitrogens with two attached hydrogens (primary N) is 5. The van der Waals surface area contributed by atoms with Crippen LogP contribution in [-0.2, 0) is 70.0 Å². The first kappa shape index (κ1) is 87.8. The number of fused-ring (bicyclic) bond motifs is 1. The van der Waals surface area contributed by atoms with E-state index in [4.69, 9.17) is 55.3 Å². The van der Waals surface area contributed by atoms with Gasteiger partial charge in [-0.2, -0.15) is 8.42 Å². The maximum atomic E-state index is 14.3. The Kier molecular flexibility index (Phi) is 35.4. The molecule has 0 aliphatic carbocycles. The Morgan fingerprint density at radius 2 is 1.21 bits per heavy atom. The van der Waals surface area contributed by atoms with Crippen LogP contribution in [0.5, 0.6) is 0 Å². The number of hydrogen-bond acceptors (Lipinski definition) is 19. The summed E-state index contributed by atoms with van der Waals surface area (Å²) in [4.78, 5) is 117. The Balaban J connectivity index is 1.39. The molecule has 1 saturated heterocycles. The monoisotopic (exact) mass is 1520 g/mol. The highest BCUT2D eigenvalue weighted by Crippen LogP contribution is 2.48. The Morgan fingerprint density at radius 3 is 1.71 bits per heavy atom. The van der Waals surface area contributed by atoms with Crippen molar-refractivity contribution in [2.24, 2.45) is 39.6 Å². The van der Waals surface area contributed by atoms with E-state index in [2.05, 4.69) is 52.8 Å². The topological polar surface area (TPSA) is 578 Å². The molecule has 2 heterocycles. The van der Waals surface area contributed by atoms with Crippen molar-refractivity contribution in [3.05, 3.63) is 89.2 Å². The number of carbonyl (C=O) groups excluding carboxylic acids is 8. The highest BCUT2D eigenvalue weighted by atomic mass is 32.2. The van der Waals surface area contributed by atoms with Gasteiger partial charge in [-0.3, -0.25) is 74.4 Å². The lowest BCUT2D eigenvalue weighted by molar-refractivity contribution is -0.138. The van der Waals surface area contributed by atoms with Gasteiger partial charge in [0.05, 0.1) is 15.0 Å². The molecule has 24 N–H and O–H groups in total. The van der Waals surface area contributed by atoms with E-state index in [0.29, 0.717) is 57.3 Å². The number of unbranched alkanes of at least 4 members (excludes halogenated alkanes) is 2. The van der Waals surface area contributed by atoms with Gasteiger partial charge in [-0.05, 0) is 137 Å². The Hall–Kier alpha value is -9.62. The maximum absolute atomic E-state index is 14.3. The van der Waals surface area contributed by atoms with Crippen molar-refractivity contribution in [1.29, 1.82) is 21.6 Å². The van der Waals surface area contributed by atoms with Crippen molar-refractivity contribution >= 4 is 115 Å². The van der Waals surface area contributed by atoms with Crippen molar-refractivity contribution in [2.75, 3.05) is 63.0 Å². The van der Waals surface area contributed by atoms with Crippen molar-refractivity contribution in [3.63, 3.8) is 0 Å². The number of carbonyl (C=O) groups is 8. The summed E-state index contributed by atoms with van der Waals surface area (Å²) in [7, 11) is -7.32. The number of benzene rings is 2. The third-order valence-corrected chi connectivity index (χ3v) is 20.5. The first-order valence-electron chi connectivity index (χ1n) is 34.7. The molecular formula is C68H107N21O13S3. The fourth-order valence-electron chi connectivity index (χ4n) is 11.9. The average Bonchev–Trinajstić information content (AvgIpc) is 1.59. The first-order valence-corrected chi connectivity index (χ1v) is 38.4. The summed E-state index contributed by atoms with van der Waals surface area (Å²) in [5.41, 5.74) is 31.0. The van der Waals surface area contributed by atoms with E-state index >= 15 is 0 Å². The summed E-state index contributed by atoms with van der Waals surface area (Å²) < 4.78 is 58.4. The molecule has 105 heavy (non-hydrogen) atoms. The molecule has 37 heteroatoms. The van der Waals surface area contributed by atoms with Crippen LogP contribution < -0.4 is 81.4 Å². The van der Waals surface area contributed by atoms with Crippen LogP contribution in [0.2, 0.25) is 0 Å². The van der Waals surface area contributed by atoms with E-state index in [9.17, 15) is 59.7 Å². The fourth-order valence-corrected chi connectivity index (χ4v) is 14.1. The lowest BCUT2D eigenvalue weighted by Crippen LogP contribution is -2.58. The van der Waals surface area contributed by atoms with E-state index in [-0.39, 0.29) is 129 Å². The third kappa shape index (κ3) is 28.4. The summed E-state index contributed by atoms with van der Waals surface area (Å²) in [5.74, 6) is -7.66. The lowest BCUT2D eigenvalue weighted by atomic mass is 9.77. The lowest BCUT2D eigenvalue weighted by Gasteiger charge is -2.28. The number of aliphatic imine (C=N–C) groups is 1. The molecule has 2 aromatic carbocycles. The first-order chi connectivity index (χ1) is 49.4. The maximum Gasteiger partial charge on any atom is 0.294 e. The molecule has 34 nitrogen and oxygen atoms in total. The van der Waals surface area contributed by atoms with Gasteiger partial charge in [0.25, 0.3) is 10.1 Å². The number of thiol groups is 1. The zero-order chi connectivity index (χ0) is 78.4.